The lowest BCUT2D eigenvalue weighted by atomic mass is 10.0. The molecule has 24 heavy (non-hydrogen) atoms. The molecule has 0 aliphatic rings. The second-order valence-corrected chi connectivity index (χ2v) is 5.51. The van der Waals surface area contributed by atoms with Crippen molar-refractivity contribution in [3.63, 3.8) is 0 Å². The Morgan fingerprint density at radius 1 is 1.12 bits per heavy atom. The topological polar surface area (TPSA) is 80.1 Å². The van der Waals surface area contributed by atoms with Crippen molar-refractivity contribution in [3.05, 3.63) is 54.3 Å². The molecule has 0 aliphatic carbocycles. The first kappa shape index (κ1) is 15.9. The Hall–Kier alpha value is -3.02. The number of carboxylic acid groups (broad SMARTS) is 1. The number of rotatable bonds is 5. The lowest BCUT2D eigenvalue weighted by Gasteiger charge is -2.09. The highest BCUT2D eigenvalue weighted by Gasteiger charge is 2.17. The first-order valence-electron chi connectivity index (χ1n) is 7.62. The fraction of sp³-hybridized carbons (Fsp3) is 0.167. The van der Waals surface area contributed by atoms with Crippen molar-refractivity contribution in [3.8, 4) is 11.3 Å². The van der Waals surface area contributed by atoms with Gasteiger partial charge in [-0.15, -0.1) is 4.68 Å². The standard InChI is InChI=1S/C18H16FN3O2/c19-13-9-7-12(8-10-13)17-14-4-1-2-5-15(14)18(20)22(21-17)11-3-6-16(23)24/h1-2,4-5,7-10,20H,3,6,11H2,(H,23,24)/p+1. The van der Waals surface area contributed by atoms with E-state index in [1.165, 1.54) is 12.1 Å². The number of aliphatic carboxylic acids is 1. The number of fused-ring (bicyclic) bond motifs is 1. The minimum atomic E-state index is -0.853. The summed E-state index contributed by atoms with van der Waals surface area (Å²) in [6, 6.07) is 13.7. The highest BCUT2D eigenvalue weighted by atomic mass is 19.1. The van der Waals surface area contributed by atoms with Gasteiger partial charge in [0.15, 0.2) is 0 Å². The summed E-state index contributed by atoms with van der Waals surface area (Å²) < 4.78 is 14.8. The zero-order valence-corrected chi connectivity index (χ0v) is 12.9. The number of benzene rings is 2. The summed E-state index contributed by atoms with van der Waals surface area (Å²) in [5, 5.41) is 15.1. The molecule has 5 nitrogen and oxygen atoms in total. The van der Waals surface area contributed by atoms with Gasteiger partial charge in [-0.25, -0.2) is 4.39 Å². The second-order valence-electron chi connectivity index (χ2n) is 5.51. The molecule has 0 aliphatic heterocycles. The van der Waals surface area contributed by atoms with Crippen LogP contribution in [0.3, 0.4) is 0 Å². The van der Waals surface area contributed by atoms with Gasteiger partial charge in [-0.3, -0.25) is 10.5 Å². The minimum Gasteiger partial charge on any atom is -0.481 e. The average molecular weight is 326 g/mol. The predicted octanol–water partition coefficient (Wildman–Crippen LogP) is 2.78. The van der Waals surface area contributed by atoms with E-state index in [4.69, 9.17) is 10.8 Å². The maximum atomic E-state index is 13.2. The third-order valence-electron chi connectivity index (χ3n) is 3.84. The summed E-state index contributed by atoms with van der Waals surface area (Å²) in [5.41, 5.74) is 7.67. The molecule has 0 bridgehead atoms. The SMILES string of the molecule is Nc1c2ccccc2c(-c2ccc(F)cc2)n[n+]1CCCC(=O)O. The van der Waals surface area contributed by atoms with Crippen molar-refractivity contribution >= 4 is 22.6 Å². The molecule has 2 aromatic carbocycles. The van der Waals surface area contributed by atoms with Crippen LogP contribution < -0.4 is 10.4 Å². The van der Waals surface area contributed by atoms with E-state index in [9.17, 15) is 9.18 Å². The Morgan fingerprint density at radius 2 is 1.79 bits per heavy atom. The van der Waals surface area contributed by atoms with E-state index in [1.807, 2.05) is 24.3 Å². The molecule has 1 aromatic heterocycles. The molecule has 0 spiro atoms. The molecule has 0 saturated carbocycles. The Morgan fingerprint density at radius 3 is 2.46 bits per heavy atom. The Labute approximate surface area is 138 Å². The van der Waals surface area contributed by atoms with Gasteiger partial charge in [0.05, 0.1) is 5.39 Å². The lowest BCUT2D eigenvalue weighted by Crippen LogP contribution is -2.42. The quantitative estimate of drug-likeness (QED) is 0.707. The van der Waals surface area contributed by atoms with Crippen LogP contribution in [0.2, 0.25) is 0 Å². The monoisotopic (exact) mass is 326 g/mol. The highest BCUT2D eigenvalue weighted by Crippen LogP contribution is 2.28. The highest BCUT2D eigenvalue weighted by molar-refractivity contribution is 5.98. The van der Waals surface area contributed by atoms with Crippen LogP contribution in [-0.2, 0) is 11.3 Å². The maximum Gasteiger partial charge on any atom is 0.303 e. The molecule has 3 N–H and O–H groups in total. The summed E-state index contributed by atoms with van der Waals surface area (Å²) in [6.45, 7) is 0.400. The Kier molecular flexibility index (Phi) is 4.37. The summed E-state index contributed by atoms with van der Waals surface area (Å²) in [4.78, 5) is 10.7. The zero-order chi connectivity index (χ0) is 17.1. The van der Waals surface area contributed by atoms with Gasteiger partial charge in [0.1, 0.15) is 18.1 Å². The number of anilines is 1. The van der Waals surface area contributed by atoms with Gasteiger partial charge in [0.25, 0.3) is 0 Å². The number of hydrogen-bond acceptors (Lipinski definition) is 3. The van der Waals surface area contributed by atoms with Crippen LogP contribution >= 0.6 is 0 Å². The zero-order valence-electron chi connectivity index (χ0n) is 12.9. The van der Waals surface area contributed by atoms with Crippen molar-refractivity contribution in [1.82, 2.24) is 5.10 Å². The number of nitrogen functional groups attached to an aromatic ring is 1. The molecule has 0 radical (unpaired) electrons. The molecule has 0 saturated heterocycles. The van der Waals surface area contributed by atoms with E-state index < -0.39 is 5.97 Å². The van der Waals surface area contributed by atoms with Crippen LogP contribution in [0, 0.1) is 5.82 Å². The predicted molar refractivity (Wildman–Crippen MR) is 88.6 cm³/mol. The first-order chi connectivity index (χ1) is 11.6. The van der Waals surface area contributed by atoms with Gasteiger partial charge in [-0.2, -0.15) is 0 Å². The van der Waals surface area contributed by atoms with E-state index >= 15 is 0 Å². The van der Waals surface area contributed by atoms with E-state index in [0.717, 1.165) is 16.3 Å². The Balaban J connectivity index is 2.11. The third kappa shape index (κ3) is 3.17. The van der Waals surface area contributed by atoms with E-state index in [2.05, 4.69) is 5.10 Å². The maximum absolute atomic E-state index is 13.2. The molecule has 0 fully saturated rings. The third-order valence-corrected chi connectivity index (χ3v) is 3.84. The minimum absolute atomic E-state index is 0.0484. The number of aryl methyl sites for hydroxylation is 1. The van der Waals surface area contributed by atoms with Gasteiger partial charge < -0.3 is 5.11 Å². The van der Waals surface area contributed by atoms with Crippen molar-refractivity contribution in [2.45, 2.75) is 19.4 Å². The molecule has 3 rings (SSSR count). The normalized spacial score (nSPS) is 10.9. The van der Waals surface area contributed by atoms with Gasteiger partial charge in [-0.05, 0) is 36.8 Å². The number of aromatic nitrogens is 2. The fourth-order valence-electron chi connectivity index (χ4n) is 2.65. The molecule has 122 valence electrons. The Bertz CT molecular complexity index is 895. The summed E-state index contributed by atoms with van der Waals surface area (Å²) in [7, 11) is 0. The lowest BCUT2D eigenvalue weighted by molar-refractivity contribution is -0.738. The average Bonchev–Trinajstić information content (AvgIpc) is 2.58. The van der Waals surface area contributed by atoms with Crippen LogP contribution in [-0.4, -0.2) is 16.2 Å². The van der Waals surface area contributed by atoms with Gasteiger partial charge in [0.2, 0.25) is 0 Å². The van der Waals surface area contributed by atoms with E-state index in [0.29, 0.717) is 24.5 Å². The van der Waals surface area contributed by atoms with Crippen LogP contribution in [0.1, 0.15) is 12.8 Å². The van der Waals surface area contributed by atoms with E-state index in [1.54, 1.807) is 16.8 Å². The van der Waals surface area contributed by atoms with Gasteiger partial charge in [-0.1, -0.05) is 23.3 Å². The van der Waals surface area contributed by atoms with Crippen LogP contribution in [0.25, 0.3) is 22.0 Å². The summed E-state index contributed by atoms with van der Waals surface area (Å²) in [5.74, 6) is -0.677. The molecule has 0 atom stereocenters. The summed E-state index contributed by atoms with van der Waals surface area (Å²) in [6.07, 6.45) is 0.477. The molecule has 6 heteroatoms. The van der Waals surface area contributed by atoms with Crippen molar-refractivity contribution in [1.29, 1.82) is 0 Å². The van der Waals surface area contributed by atoms with Gasteiger partial charge in [0, 0.05) is 17.4 Å². The summed E-state index contributed by atoms with van der Waals surface area (Å²) >= 11 is 0. The van der Waals surface area contributed by atoms with Gasteiger partial charge >= 0.3 is 11.8 Å². The van der Waals surface area contributed by atoms with E-state index in [-0.39, 0.29) is 12.2 Å². The number of nitrogens with two attached hydrogens (primary N) is 1. The second kappa shape index (κ2) is 6.62. The number of halogens is 1. The molecular weight excluding hydrogens is 309 g/mol. The smallest absolute Gasteiger partial charge is 0.303 e. The molecule has 0 unspecified atom stereocenters. The first-order valence-corrected chi connectivity index (χ1v) is 7.62. The number of nitrogens with zero attached hydrogens (tertiary/aromatic N) is 2. The van der Waals surface area contributed by atoms with Crippen molar-refractivity contribution < 1.29 is 19.0 Å². The number of hydrogen-bond donors (Lipinski definition) is 2. The van der Waals surface area contributed by atoms with Crippen LogP contribution in [0.5, 0.6) is 0 Å². The molecule has 3 aromatic rings. The van der Waals surface area contributed by atoms with Crippen molar-refractivity contribution in [2.24, 2.45) is 0 Å². The molecular formula is C18H17FN3O2+. The van der Waals surface area contributed by atoms with Crippen LogP contribution in [0.4, 0.5) is 10.2 Å². The largest absolute Gasteiger partial charge is 0.481 e. The molecule has 0 amide bonds. The fourth-order valence-corrected chi connectivity index (χ4v) is 2.65. The van der Waals surface area contributed by atoms with Crippen LogP contribution in [0.15, 0.2) is 48.5 Å². The number of carboxylic acids is 1. The molecule has 1 heterocycles. The number of carbonyl (C=O) groups is 1. The van der Waals surface area contributed by atoms with Crippen molar-refractivity contribution in [2.75, 3.05) is 5.73 Å².